The molecule has 1 aromatic heterocycles. The summed E-state index contributed by atoms with van der Waals surface area (Å²) in [6.07, 6.45) is 1.81. The lowest BCUT2D eigenvalue weighted by Gasteiger charge is -2.24. The van der Waals surface area contributed by atoms with Crippen LogP contribution in [0.3, 0.4) is 0 Å². The smallest absolute Gasteiger partial charge is 0.317 e. The van der Waals surface area contributed by atoms with E-state index in [1.807, 2.05) is 13.1 Å². The Hall–Kier alpha value is -3.40. The van der Waals surface area contributed by atoms with Gasteiger partial charge in [0.15, 0.2) is 0 Å². The SMILES string of the molecule is C[NH+]=C(C(=O)NC(C)(CO)C(N)=O)c1cc(OCc2ccn(C)n2)ccc1N. The molecule has 0 fully saturated rings. The van der Waals surface area contributed by atoms with Gasteiger partial charge in [0.05, 0.1) is 17.9 Å². The number of aryl methyl sites for hydroxylation is 1. The zero-order chi connectivity index (χ0) is 20.9. The highest BCUT2D eigenvalue weighted by Crippen LogP contribution is 2.21. The molecule has 0 aliphatic heterocycles. The Labute approximate surface area is 162 Å². The number of aliphatic hydroxyl groups is 1. The van der Waals surface area contributed by atoms with E-state index in [-0.39, 0.29) is 12.3 Å². The van der Waals surface area contributed by atoms with Crippen LogP contribution in [-0.2, 0) is 23.2 Å². The number of benzene rings is 1. The molecule has 0 saturated carbocycles. The lowest BCUT2D eigenvalue weighted by molar-refractivity contribution is -0.418. The molecule has 150 valence electrons. The minimum absolute atomic E-state index is 0.0988. The molecule has 7 N–H and O–H groups in total. The van der Waals surface area contributed by atoms with Crippen molar-refractivity contribution in [1.82, 2.24) is 15.1 Å². The maximum atomic E-state index is 12.7. The van der Waals surface area contributed by atoms with Crippen molar-refractivity contribution in [2.24, 2.45) is 12.8 Å². The monoisotopic (exact) mass is 389 g/mol. The Morgan fingerprint density at radius 2 is 2.11 bits per heavy atom. The number of hydrogen-bond acceptors (Lipinski definition) is 6. The van der Waals surface area contributed by atoms with Crippen LogP contribution in [0, 0.1) is 0 Å². The van der Waals surface area contributed by atoms with E-state index in [1.165, 1.54) is 14.0 Å². The molecule has 28 heavy (non-hydrogen) atoms. The Morgan fingerprint density at radius 3 is 2.64 bits per heavy atom. The van der Waals surface area contributed by atoms with E-state index in [1.54, 1.807) is 29.1 Å². The highest BCUT2D eigenvalue weighted by atomic mass is 16.5. The average Bonchev–Trinajstić information content (AvgIpc) is 3.07. The number of nitrogens with one attached hydrogen (secondary N) is 2. The standard InChI is InChI=1S/C18H24N6O4/c1-18(10-25,17(20)27)22-16(26)15(21-2)13-8-12(4-5-14(13)19)28-9-11-6-7-24(3)23-11/h4-8,25H,9-10,19H2,1-3H3,(H2,20,27)(H,22,26)/p+1. The fraction of sp³-hybridized carbons (Fsp3) is 0.333. The summed E-state index contributed by atoms with van der Waals surface area (Å²) < 4.78 is 7.39. The second-order valence-electron chi connectivity index (χ2n) is 6.45. The quantitative estimate of drug-likeness (QED) is 0.246. The van der Waals surface area contributed by atoms with Gasteiger partial charge in [-0.05, 0) is 31.2 Å². The summed E-state index contributed by atoms with van der Waals surface area (Å²) in [5.74, 6) is -1.03. The number of nitrogen functional groups attached to an aromatic ring is 1. The third kappa shape index (κ3) is 4.65. The van der Waals surface area contributed by atoms with Crippen molar-refractivity contribution in [1.29, 1.82) is 0 Å². The van der Waals surface area contributed by atoms with E-state index in [2.05, 4.69) is 15.4 Å². The van der Waals surface area contributed by atoms with Crippen molar-refractivity contribution in [2.45, 2.75) is 19.1 Å². The van der Waals surface area contributed by atoms with Gasteiger partial charge >= 0.3 is 5.91 Å². The molecule has 0 aliphatic rings. The van der Waals surface area contributed by atoms with Crippen LogP contribution in [0.4, 0.5) is 5.69 Å². The molecule has 0 spiro atoms. The van der Waals surface area contributed by atoms with E-state index in [0.717, 1.165) is 5.69 Å². The highest BCUT2D eigenvalue weighted by molar-refractivity contribution is 6.44. The van der Waals surface area contributed by atoms with Gasteiger partial charge in [-0.15, -0.1) is 0 Å². The number of carbonyl (C=O) groups is 2. The van der Waals surface area contributed by atoms with Gasteiger partial charge in [0, 0.05) is 18.9 Å². The molecule has 0 radical (unpaired) electrons. The first kappa shape index (κ1) is 20.9. The maximum absolute atomic E-state index is 12.7. The Kier molecular flexibility index (Phi) is 6.37. The van der Waals surface area contributed by atoms with Crippen molar-refractivity contribution in [3.05, 3.63) is 41.7 Å². The van der Waals surface area contributed by atoms with E-state index in [4.69, 9.17) is 16.2 Å². The van der Waals surface area contributed by atoms with Gasteiger partial charge in [-0.3, -0.25) is 14.3 Å². The molecule has 0 aliphatic carbocycles. The van der Waals surface area contributed by atoms with Gasteiger partial charge in [-0.1, -0.05) is 0 Å². The molecule has 0 saturated heterocycles. The third-order valence-electron chi connectivity index (χ3n) is 4.18. The first-order valence-electron chi connectivity index (χ1n) is 8.49. The first-order chi connectivity index (χ1) is 13.2. The summed E-state index contributed by atoms with van der Waals surface area (Å²) in [5, 5.41) is 16.1. The van der Waals surface area contributed by atoms with Crippen LogP contribution in [0.1, 0.15) is 18.2 Å². The van der Waals surface area contributed by atoms with Gasteiger partial charge in [0.25, 0.3) is 5.71 Å². The van der Waals surface area contributed by atoms with E-state index in [0.29, 0.717) is 17.0 Å². The van der Waals surface area contributed by atoms with Crippen molar-refractivity contribution >= 4 is 23.2 Å². The van der Waals surface area contributed by atoms with E-state index < -0.39 is 24.0 Å². The van der Waals surface area contributed by atoms with Crippen LogP contribution < -0.4 is 26.5 Å². The molecule has 1 unspecified atom stereocenters. The fourth-order valence-corrected chi connectivity index (χ4v) is 2.40. The molecule has 1 aromatic carbocycles. The summed E-state index contributed by atoms with van der Waals surface area (Å²) in [6.45, 7) is 0.930. The van der Waals surface area contributed by atoms with Crippen LogP contribution in [-0.4, -0.2) is 51.6 Å². The Morgan fingerprint density at radius 1 is 1.39 bits per heavy atom. The predicted molar refractivity (Wildman–Crippen MR) is 102 cm³/mol. The number of carbonyl (C=O) groups excluding carboxylic acids is 2. The summed E-state index contributed by atoms with van der Waals surface area (Å²) in [6, 6.07) is 6.71. The number of aromatic nitrogens is 2. The average molecular weight is 389 g/mol. The maximum Gasteiger partial charge on any atom is 0.317 e. The number of aliphatic hydroxyl groups excluding tert-OH is 1. The van der Waals surface area contributed by atoms with Crippen LogP contribution in [0.15, 0.2) is 30.5 Å². The zero-order valence-corrected chi connectivity index (χ0v) is 16.0. The fourth-order valence-electron chi connectivity index (χ4n) is 2.40. The Bertz CT molecular complexity index is 907. The number of primary amides is 1. The van der Waals surface area contributed by atoms with Gasteiger partial charge in [0.1, 0.15) is 24.9 Å². The largest absolute Gasteiger partial charge is 0.487 e. The van der Waals surface area contributed by atoms with Crippen LogP contribution in [0.25, 0.3) is 0 Å². The van der Waals surface area contributed by atoms with Crippen molar-refractivity contribution < 1.29 is 24.4 Å². The molecule has 2 aromatic rings. The predicted octanol–water partition coefficient (Wildman–Crippen LogP) is -2.57. The molecular weight excluding hydrogens is 364 g/mol. The minimum atomic E-state index is -1.61. The summed E-state index contributed by atoms with van der Waals surface area (Å²) >= 11 is 0. The second-order valence-corrected chi connectivity index (χ2v) is 6.45. The van der Waals surface area contributed by atoms with Gasteiger partial charge in [-0.2, -0.15) is 5.10 Å². The first-order valence-corrected chi connectivity index (χ1v) is 8.49. The summed E-state index contributed by atoms with van der Waals surface area (Å²) in [4.78, 5) is 27.0. The van der Waals surface area contributed by atoms with E-state index >= 15 is 0 Å². The molecule has 1 heterocycles. The number of rotatable bonds is 8. The molecular formula is C18H25N6O4+. The number of anilines is 1. The zero-order valence-electron chi connectivity index (χ0n) is 16.0. The van der Waals surface area contributed by atoms with E-state index in [9.17, 15) is 14.7 Å². The number of ether oxygens (including phenoxy) is 1. The molecule has 0 bridgehead atoms. The molecule has 2 amide bonds. The molecule has 10 heteroatoms. The lowest BCUT2D eigenvalue weighted by atomic mass is 10.0. The van der Waals surface area contributed by atoms with Crippen molar-refractivity contribution in [3.8, 4) is 5.75 Å². The topological polar surface area (TPSA) is 159 Å². The summed E-state index contributed by atoms with van der Waals surface area (Å²) in [7, 11) is 3.35. The third-order valence-corrected chi connectivity index (χ3v) is 4.18. The molecule has 10 nitrogen and oxygen atoms in total. The van der Waals surface area contributed by atoms with Gasteiger partial charge in [-0.25, -0.2) is 4.99 Å². The van der Waals surface area contributed by atoms with Crippen LogP contribution in [0.5, 0.6) is 5.75 Å². The number of hydrogen-bond donors (Lipinski definition) is 5. The van der Waals surface area contributed by atoms with Gasteiger partial charge in [0.2, 0.25) is 5.91 Å². The lowest BCUT2D eigenvalue weighted by Crippen LogP contribution is -2.73. The molecule has 2 rings (SSSR count). The highest BCUT2D eigenvalue weighted by Gasteiger charge is 2.35. The second kappa shape index (κ2) is 8.53. The van der Waals surface area contributed by atoms with Crippen LogP contribution in [0.2, 0.25) is 0 Å². The number of nitrogens with two attached hydrogens (primary N) is 2. The van der Waals surface area contributed by atoms with Crippen molar-refractivity contribution in [2.75, 3.05) is 19.4 Å². The number of nitrogens with zero attached hydrogens (tertiary/aromatic N) is 2. The van der Waals surface area contributed by atoms with Crippen LogP contribution >= 0.6 is 0 Å². The normalized spacial score (nSPS) is 13.6. The van der Waals surface area contributed by atoms with Gasteiger partial charge < -0.3 is 26.6 Å². The van der Waals surface area contributed by atoms with Crippen molar-refractivity contribution in [3.63, 3.8) is 0 Å². The number of amides is 2. The summed E-state index contributed by atoms with van der Waals surface area (Å²) in [5.41, 5.74) is 11.2. The Balaban J connectivity index is 2.23. The minimum Gasteiger partial charge on any atom is -0.487 e. The molecule has 1 atom stereocenters.